The monoisotopic (exact) mass is 230 g/mol. The largest absolute Gasteiger partial charge is 0.396 e. The van der Waals surface area contributed by atoms with Gasteiger partial charge in [0.2, 0.25) is 0 Å². The molecule has 76 valence electrons. The van der Waals surface area contributed by atoms with Gasteiger partial charge in [0.25, 0.3) is 0 Å². The third-order valence-electron chi connectivity index (χ3n) is 2.79. The first-order valence-corrected chi connectivity index (χ1v) is 5.53. The Morgan fingerprint density at radius 2 is 2.07 bits per heavy atom. The summed E-state index contributed by atoms with van der Waals surface area (Å²) in [5.41, 5.74) is 1.25. The van der Waals surface area contributed by atoms with Crippen molar-refractivity contribution in [1.29, 1.82) is 0 Å². The van der Waals surface area contributed by atoms with E-state index in [4.69, 9.17) is 28.3 Å². The summed E-state index contributed by atoms with van der Waals surface area (Å²) in [6.45, 7) is 0.280. The molecule has 1 aromatic rings. The van der Waals surface area contributed by atoms with Crippen molar-refractivity contribution in [3.63, 3.8) is 0 Å². The maximum absolute atomic E-state index is 8.79. The molecule has 1 saturated carbocycles. The normalized spacial score (nSPS) is 25.1. The van der Waals surface area contributed by atoms with E-state index in [0.717, 1.165) is 6.42 Å². The van der Waals surface area contributed by atoms with Crippen molar-refractivity contribution in [2.45, 2.75) is 18.8 Å². The lowest BCUT2D eigenvalue weighted by atomic mass is 10.1. The fraction of sp³-hybridized carbons (Fsp3) is 0.455. The molecule has 0 saturated heterocycles. The number of aliphatic hydroxyl groups is 1. The Morgan fingerprint density at radius 1 is 1.29 bits per heavy atom. The predicted molar refractivity (Wildman–Crippen MR) is 59.0 cm³/mol. The van der Waals surface area contributed by atoms with Gasteiger partial charge in [-0.05, 0) is 42.4 Å². The standard InChI is InChI=1S/C11H12Cl2O/c12-10-2-1-7(6-11(10)13)9-5-8(9)3-4-14/h1-2,6,8-9,14H,3-5H2. The van der Waals surface area contributed by atoms with Crippen LogP contribution in [0.2, 0.25) is 10.0 Å². The molecule has 0 heterocycles. The molecule has 3 heteroatoms. The number of benzene rings is 1. The number of rotatable bonds is 3. The van der Waals surface area contributed by atoms with Crippen LogP contribution in [-0.2, 0) is 0 Å². The van der Waals surface area contributed by atoms with Crippen molar-refractivity contribution in [2.24, 2.45) is 5.92 Å². The summed E-state index contributed by atoms with van der Waals surface area (Å²) in [5.74, 6) is 1.22. The van der Waals surface area contributed by atoms with Gasteiger partial charge in [0, 0.05) is 6.61 Å². The molecular weight excluding hydrogens is 219 g/mol. The predicted octanol–water partition coefficient (Wildman–Crippen LogP) is 3.48. The van der Waals surface area contributed by atoms with Crippen molar-refractivity contribution in [3.05, 3.63) is 33.8 Å². The van der Waals surface area contributed by atoms with Gasteiger partial charge >= 0.3 is 0 Å². The first kappa shape index (κ1) is 10.3. The average molecular weight is 231 g/mol. The summed E-state index contributed by atoms with van der Waals surface area (Å²) in [7, 11) is 0. The Hall–Kier alpha value is -0.240. The fourth-order valence-corrected chi connectivity index (χ4v) is 2.19. The molecule has 2 rings (SSSR count). The minimum absolute atomic E-state index is 0.280. The van der Waals surface area contributed by atoms with Crippen LogP contribution in [0.4, 0.5) is 0 Å². The summed E-state index contributed by atoms with van der Waals surface area (Å²) in [6, 6.07) is 5.80. The average Bonchev–Trinajstić information content (AvgIpc) is 2.90. The van der Waals surface area contributed by atoms with E-state index in [1.165, 1.54) is 12.0 Å². The highest BCUT2D eigenvalue weighted by Crippen LogP contribution is 2.50. The van der Waals surface area contributed by atoms with E-state index in [1.54, 1.807) is 0 Å². The molecule has 0 bridgehead atoms. The van der Waals surface area contributed by atoms with Crippen LogP contribution in [0.15, 0.2) is 18.2 Å². The summed E-state index contributed by atoms with van der Waals surface area (Å²) in [4.78, 5) is 0. The molecule has 1 N–H and O–H groups in total. The van der Waals surface area contributed by atoms with E-state index >= 15 is 0 Å². The zero-order chi connectivity index (χ0) is 10.1. The fourth-order valence-electron chi connectivity index (χ4n) is 1.88. The van der Waals surface area contributed by atoms with Gasteiger partial charge < -0.3 is 5.11 Å². The Labute approximate surface area is 93.7 Å². The van der Waals surface area contributed by atoms with Gasteiger partial charge in [-0.15, -0.1) is 0 Å². The molecule has 2 unspecified atom stereocenters. The summed E-state index contributed by atoms with van der Waals surface area (Å²) >= 11 is 11.8. The SMILES string of the molecule is OCCC1CC1c1ccc(Cl)c(Cl)c1. The molecule has 0 spiro atoms. The van der Waals surface area contributed by atoms with Crippen LogP contribution in [0, 0.1) is 5.92 Å². The zero-order valence-electron chi connectivity index (χ0n) is 7.71. The van der Waals surface area contributed by atoms with E-state index in [9.17, 15) is 0 Å². The molecule has 14 heavy (non-hydrogen) atoms. The van der Waals surface area contributed by atoms with Crippen molar-refractivity contribution in [3.8, 4) is 0 Å². The van der Waals surface area contributed by atoms with Gasteiger partial charge in [-0.25, -0.2) is 0 Å². The number of hydrogen-bond donors (Lipinski definition) is 1. The molecule has 1 aliphatic rings. The van der Waals surface area contributed by atoms with Gasteiger partial charge in [0.05, 0.1) is 10.0 Å². The highest BCUT2D eigenvalue weighted by atomic mass is 35.5. The van der Waals surface area contributed by atoms with Crippen LogP contribution in [0.5, 0.6) is 0 Å². The summed E-state index contributed by atoms with van der Waals surface area (Å²) in [6.07, 6.45) is 2.06. The minimum atomic E-state index is 0.280. The van der Waals surface area contributed by atoms with Crippen molar-refractivity contribution < 1.29 is 5.11 Å². The third kappa shape index (κ3) is 2.05. The second-order valence-corrected chi connectivity index (χ2v) is 4.60. The Kier molecular flexibility index (Phi) is 3.01. The van der Waals surface area contributed by atoms with E-state index < -0.39 is 0 Å². The minimum Gasteiger partial charge on any atom is -0.396 e. The molecule has 1 aromatic carbocycles. The second-order valence-electron chi connectivity index (χ2n) is 3.79. The maximum Gasteiger partial charge on any atom is 0.0595 e. The van der Waals surface area contributed by atoms with Gasteiger partial charge in [0.15, 0.2) is 0 Å². The van der Waals surface area contributed by atoms with Crippen LogP contribution in [0.25, 0.3) is 0 Å². The molecule has 1 fully saturated rings. The Balaban J connectivity index is 2.08. The Bertz CT molecular complexity index is 338. The number of hydrogen-bond acceptors (Lipinski definition) is 1. The lowest BCUT2D eigenvalue weighted by molar-refractivity contribution is 0.279. The van der Waals surface area contributed by atoms with Gasteiger partial charge in [-0.1, -0.05) is 29.3 Å². The molecule has 0 radical (unpaired) electrons. The molecule has 2 atom stereocenters. The maximum atomic E-state index is 8.79. The van der Waals surface area contributed by atoms with Crippen LogP contribution in [0.1, 0.15) is 24.3 Å². The van der Waals surface area contributed by atoms with E-state index in [2.05, 4.69) is 0 Å². The molecule has 0 amide bonds. The lowest BCUT2D eigenvalue weighted by Gasteiger charge is -2.01. The van der Waals surface area contributed by atoms with Crippen molar-refractivity contribution in [2.75, 3.05) is 6.61 Å². The summed E-state index contributed by atoms with van der Waals surface area (Å²) in [5, 5.41) is 10.0. The smallest absolute Gasteiger partial charge is 0.0595 e. The van der Waals surface area contributed by atoms with Gasteiger partial charge in [-0.3, -0.25) is 0 Å². The molecule has 0 aliphatic heterocycles. The highest BCUT2D eigenvalue weighted by Gasteiger charge is 2.37. The van der Waals surface area contributed by atoms with Gasteiger partial charge in [-0.2, -0.15) is 0 Å². The number of halogens is 2. The second kappa shape index (κ2) is 4.09. The topological polar surface area (TPSA) is 20.2 Å². The molecular formula is C11H12Cl2O. The van der Waals surface area contributed by atoms with E-state index in [0.29, 0.717) is 21.9 Å². The quantitative estimate of drug-likeness (QED) is 0.844. The first-order chi connectivity index (χ1) is 6.72. The van der Waals surface area contributed by atoms with Gasteiger partial charge in [0.1, 0.15) is 0 Å². The van der Waals surface area contributed by atoms with Crippen LogP contribution in [-0.4, -0.2) is 11.7 Å². The molecule has 0 aromatic heterocycles. The molecule has 1 nitrogen and oxygen atoms in total. The zero-order valence-corrected chi connectivity index (χ0v) is 9.22. The van der Waals surface area contributed by atoms with Crippen molar-refractivity contribution >= 4 is 23.2 Å². The van der Waals surface area contributed by atoms with Crippen molar-refractivity contribution in [1.82, 2.24) is 0 Å². The molecule has 1 aliphatic carbocycles. The highest BCUT2D eigenvalue weighted by molar-refractivity contribution is 6.42. The number of aliphatic hydroxyl groups excluding tert-OH is 1. The van der Waals surface area contributed by atoms with Crippen LogP contribution in [0.3, 0.4) is 0 Å². The van der Waals surface area contributed by atoms with E-state index in [1.807, 2.05) is 18.2 Å². The first-order valence-electron chi connectivity index (χ1n) is 4.78. The van der Waals surface area contributed by atoms with Crippen LogP contribution < -0.4 is 0 Å². The van der Waals surface area contributed by atoms with E-state index in [-0.39, 0.29) is 6.61 Å². The lowest BCUT2D eigenvalue weighted by Crippen LogP contribution is -1.88. The summed E-state index contributed by atoms with van der Waals surface area (Å²) < 4.78 is 0. The van der Waals surface area contributed by atoms with Crippen LogP contribution >= 0.6 is 23.2 Å². The Morgan fingerprint density at radius 3 is 2.71 bits per heavy atom. The third-order valence-corrected chi connectivity index (χ3v) is 3.53.